The average molecular weight is 641 g/mol. The van der Waals surface area contributed by atoms with Gasteiger partial charge in [-0.25, -0.2) is 0 Å². The maximum absolute atomic E-state index is 12.1. The SMILES string of the molecule is O=c1c(O)c(-c2ccc(O)c(O)c2)oc2cc(O)ccc12.c1cc2c(cc1C1OCC3C(c4ccc5c(c4)OCO5)OCC13)OCO2. The van der Waals surface area contributed by atoms with E-state index in [2.05, 4.69) is 12.1 Å². The highest BCUT2D eigenvalue weighted by atomic mass is 16.7. The molecule has 0 amide bonds. The maximum atomic E-state index is 12.1. The topological polar surface area (TPSA) is 167 Å². The Balaban J connectivity index is 0.000000142. The molecule has 2 fully saturated rings. The molecular formula is C35H28O12. The minimum Gasteiger partial charge on any atom is -0.508 e. The standard InChI is InChI=1S/C20H18O6.C15H10O6/c1-3-15-17(25-9-23-15)5-11(1)19-13-7-22-20(14(13)8-21-19)12-2-4-16-18(6-12)26-10-24-16;16-8-2-3-9-12(6-8)21-15(14(20)13(9)19)7-1-4-10(17)11(18)5-7/h1-6,13-14,19-20H,7-10H2;1-6,16-18,20H. The van der Waals surface area contributed by atoms with Gasteiger partial charge in [-0.1, -0.05) is 12.1 Å². The van der Waals surface area contributed by atoms with Crippen molar-refractivity contribution in [2.75, 3.05) is 26.8 Å². The van der Waals surface area contributed by atoms with Gasteiger partial charge in [-0.15, -0.1) is 0 Å². The molecule has 0 radical (unpaired) electrons. The predicted octanol–water partition coefficient (Wildman–Crippen LogP) is 5.50. The number of hydrogen-bond acceptors (Lipinski definition) is 12. The van der Waals surface area contributed by atoms with Gasteiger partial charge < -0.3 is 53.3 Å². The molecule has 9 rings (SSSR count). The molecule has 12 nitrogen and oxygen atoms in total. The summed E-state index contributed by atoms with van der Waals surface area (Å²) in [5.41, 5.74) is 1.90. The largest absolute Gasteiger partial charge is 0.508 e. The van der Waals surface area contributed by atoms with Crippen molar-refractivity contribution in [1.29, 1.82) is 0 Å². The molecule has 1 aromatic heterocycles. The first-order valence-electron chi connectivity index (χ1n) is 14.9. The Bertz CT molecular complexity index is 2000. The molecule has 4 atom stereocenters. The van der Waals surface area contributed by atoms with Gasteiger partial charge in [0.05, 0.1) is 30.8 Å². The molecule has 0 spiro atoms. The van der Waals surface area contributed by atoms with Crippen molar-refractivity contribution in [1.82, 2.24) is 0 Å². The third-order valence-corrected chi connectivity index (χ3v) is 8.80. The fourth-order valence-electron chi connectivity index (χ4n) is 6.45. The van der Waals surface area contributed by atoms with Gasteiger partial charge in [0.1, 0.15) is 11.3 Å². The molecule has 47 heavy (non-hydrogen) atoms. The van der Waals surface area contributed by atoms with Crippen molar-refractivity contribution in [3.63, 3.8) is 0 Å². The lowest BCUT2D eigenvalue weighted by atomic mass is 9.85. The Labute approximate surface area is 266 Å². The van der Waals surface area contributed by atoms with E-state index in [1.807, 2.05) is 24.3 Å². The van der Waals surface area contributed by atoms with E-state index in [0.29, 0.717) is 25.0 Å². The second-order valence-corrected chi connectivity index (χ2v) is 11.6. The molecule has 4 aliphatic heterocycles. The third-order valence-electron chi connectivity index (χ3n) is 8.80. The average Bonchev–Trinajstić information content (AvgIpc) is 3.88. The van der Waals surface area contributed by atoms with Gasteiger partial charge in [-0.05, 0) is 65.7 Å². The Kier molecular flexibility index (Phi) is 6.96. The number of ether oxygens (including phenoxy) is 6. The Morgan fingerprint density at radius 2 is 1.19 bits per heavy atom. The van der Waals surface area contributed by atoms with E-state index < -0.39 is 16.9 Å². The zero-order chi connectivity index (χ0) is 32.2. The first-order valence-corrected chi connectivity index (χ1v) is 14.9. The van der Waals surface area contributed by atoms with Crippen LogP contribution in [0.1, 0.15) is 23.3 Å². The first kappa shape index (κ1) is 28.9. The van der Waals surface area contributed by atoms with Crippen molar-refractivity contribution in [3.05, 3.63) is 94.1 Å². The van der Waals surface area contributed by atoms with Crippen LogP contribution in [0.3, 0.4) is 0 Å². The first-order chi connectivity index (χ1) is 22.8. The highest BCUT2D eigenvalue weighted by Crippen LogP contribution is 2.52. The van der Waals surface area contributed by atoms with Crippen LogP contribution in [0.25, 0.3) is 22.3 Å². The fourth-order valence-corrected chi connectivity index (χ4v) is 6.45. The zero-order valence-electron chi connectivity index (χ0n) is 24.6. The lowest BCUT2D eigenvalue weighted by Gasteiger charge is -2.17. The number of benzene rings is 4. The van der Waals surface area contributed by atoms with E-state index in [-0.39, 0.29) is 59.6 Å². The fraction of sp³-hybridized carbons (Fsp3) is 0.229. The minimum absolute atomic E-state index is 0.0218. The highest BCUT2D eigenvalue weighted by molar-refractivity contribution is 5.83. The van der Waals surface area contributed by atoms with Crippen LogP contribution in [0.5, 0.6) is 46.0 Å². The predicted molar refractivity (Wildman–Crippen MR) is 164 cm³/mol. The lowest BCUT2D eigenvalue weighted by molar-refractivity contribution is 0.0192. The summed E-state index contributed by atoms with van der Waals surface area (Å²) in [6.07, 6.45) is 0.0435. The molecular weight excluding hydrogens is 612 g/mol. The Morgan fingerprint density at radius 1 is 0.596 bits per heavy atom. The molecule has 4 aliphatic rings. The molecule has 0 saturated carbocycles. The number of hydrogen-bond donors (Lipinski definition) is 4. The third kappa shape index (κ3) is 5.07. The summed E-state index contributed by atoms with van der Waals surface area (Å²) >= 11 is 0. The van der Waals surface area contributed by atoms with Gasteiger partial charge in [-0.2, -0.15) is 0 Å². The highest BCUT2D eigenvalue weighted by Gasteiger charge is 2.48. The molecule has 4 N–H and O–H groups in total. The summed E-state index contributed by atoms with van der Waals surface area (Å²) in [6, 6.07) is 19.7. The molecule has 12 heteroatoms. The van der Waals surface area contributed by atoms with Crippen molar-refractivity contribution in [3.8, 4) is 57.3 Å². The summed E-state index contributed by atoms with van der Waals surface area (Å²) in [5, 5.41) is 38.3. The number of fused-ring (bicyclic) bond motifs is 4. The van der Waals surface area contributed by atoms with Crippen LogP contribution >= 0.6 is 0 Å². The lowest BCUT2D eigenvalue weighted by Crippen LogP contribution is -2.14. The van der Waals surface area contributed by atoms with Crippen LogP contribution in [-0.4, -0.2) is 47.2 Å². The minimum atomic E-state index is -0.654. The molecule has 0 aliphatic carbocycles. The van der Waals surface area contributed by atoms with Gasteiger partial charge in [0.25, 0.3) is 0 Å². The van der Waals surface area contributed by atoms with Gasteiger partial charge in [0, 0.05) is 23.5 Å². The van der Waals surface area contributed by atoms with Crippen LogP contribution in [0.4, 0.5) is 0 Å². The van der Waals surface area contributed by atoms with Crippen LogP contribution in [0, 0.1) is 11.8 Å². The number of phenolic OH excluding ortho intramolecular Hbond substituents is 3. The summed E-state index contributed by atoms with van der Waals surface area (Å²) in [4.78, 5) is 12.1. The van der Waals surface area contributed by atoms with Crippen LogP contribution in [0.2, 0.25) is 0 Å². The zero-order valence-corrected chi connectivity index (χ0v) is 24.6. The monoisotopic (exact) mass is 640 g/mol. The summed E-state index contributed by atoms with van der Waals surface area (Å²) in [6.45, 7) is 1.93. The van der Waals surface area contributed by atoms with E-state index in [0.717, 1.165) is 40.2 Å². The normalized spacial score (nSPS) is 21.8. The van der Waals surface area contributed by atoms with Gasteiger partial charge in [0.2, 0.25) is 24.8 Å². The van der Waals surface area contributed by atoms with Crippen molar-refractivity contribution in [2.24, 2.45) is 11.8 Å². The van der Waals surface area contributed by atoms with Crippen molar-refractivity contribution >= 4 is 11.0 Å². The molecule has 4 unspecified atom stereocenters. The Hall–Kier alpha value is -5.59. The van der Waals surface area contributed by atoms with E-state index in [4.69, 9.17) is 32.8 Å². The van der Waals surface area contributed by atoms with Crippen LogP contribution < -0.4 is 24.4 Å². The molecule has 0 bridgehead atoms. The van der Waals surface area contributed by atoms with Gasteiger partial charge in [0.15, 0.2) is 40.3 Å². The Morgan fingerprint density at radius 3 is 1.79 bits per heavy atom. The molecule has 4 aromatic carbocycles. The maximum Gasteiger partial charge on any atom is 0.235 e. The number of rotatable bonds is 3. The number of phenols is 3. The van der Waals surface area contributed by atoms with E-state index in [1.165, 1.54) is 30.3 Å². The second-order valence-electron chi connectivity index (χ2n) is 11.6. The van der Waals surface area contributed by atoms with Crippen molar-refractivity contribution < 1.29 is 53.3 Å². The summed E-state index contributed by atoms with van der Waals surface area (Å²) in [7, 11) is 0. The molecule has 2 saturated heterocycles. The second kappa shape index (κ2) is 11.3. The van der Waals surface area contributed by atoms with E-state index in [9.17, 15) is 25.2 Å². The quantitative estimate of drug-likeness (QED) is 0.183. The molecule has 5 aromatic rings. The van der Waals surface area contributed by atoms with E-state index >= 15 is 0 Å². The number of aromatic hydroxyl groups is 4. The van der Waals surface area contributed by atoms with E-state index in [1.54, 1.807) is 0 Å². The summed E-state index contributed by atoms with van der Waals surface area (Å²) < 4.78 is 39.6. The van der Waals surface area contributed by atoms with Crippen LogP contribution in [0.15, 0.2) is 82.0 Å². The van der Waals surface area contributed by atoms with Gasteiger partial charge >= 0.3 is 0 Å². The van der Waals surface area contributed by atoms with Crippen molar-refractivity contribution in [2.45, 2.75) is 12.2 Å². The van der Waals surface area contributed by atoms with Gasteiger partial charge in [-0.3, -0.25) is 4.79 Å². The summed E-state index contributed by atoms with van der Waals surface area (Å²) in [5.74, 6) is 2.22. The molecule has 5 heterocycles. The smallest absolute Gasteiger partial charge is 0.235 e. The molecule has 240 valence electrons. The van der Waals surface area contributed by atoms with Crippen LogP contribution in [-0.2, 0) is 9.47 Å².